The first kappa shape index (κ1) is 30.2. The maximum Gasteiger partial charge on any atom is 0.150 e. The number of carbonyl (C=O) groups is 1. The maximum absolute atomic E-state index is 11.3. The summed E-state index contributed by atoms with van der Waals surface area (Å²) in [6.45, 7) is 6.99. The number of hydrogen-bond donors (Lipinski definition) is 0. The summed E-state index contributed by atoms with van der Waals surface area (Å²) in [5.41, 5.74) is 5.83. The number of carbonyl (C=O) groups excluding carboxylic acids is 1. The fourth-order valence-corrected chi connectivity index (χ4v) is 7.35. The molecule has 1 aromatic heterocycles. The third-order valence-electron chi connectivity index (χ3n) is 8.76. The van der Waals surface area contributed by atoms with E-state index in [9.17, 15) is 4.79 Å². The van der Waals surface area contributed by atoms with Crippen molar-refractivity contribution >= 4 is 29.5 Å². The van der Waals surface area contributed by atoms with Gasteiger partial charge in [0.05, 0.1) is 22.8 Å². The number of halogens is 2. The Bertz CT molecular complexity index is 1330. The van der Waals surface area contributed by atoms with Gasteiger partial charge in [-0.15, -0.1) is 0 Å². The molecular weight excluding hydrogens is 559 g/mol. The van der Waals surface area contributed by atoms with Gasteiger partial charge >= 0.3 is 0 Å². The maximum atomic E-state index is 11.3. The van der Waals surface area contributed by atoms with Crippen LogP contribution in [0.25, 0.3) is 11.3 Å². The van der Waals surface area contributed by atoms with Crippen LogP contribution in [0.2, 0.25) is 10.0 Å². The fourth-order valence-electron chi connectivity index (χ4n) is 6.77. The number of benzene rings is 2. The standard InChI is InChI=1S/C31H34Cl2N2O3.C2H6O/c1-3-20-13-24(11-18(2)30(20)35-14-22-8-7-19(16-36)12-23(22)15-35)37-17-25-29(34-38-31(25)21-9-10-21)28-26(32)5-4-6-27(28)33;1-3-2/h4-8,12,16,18,20-21,24,30H,3,9-11,13-15,17H2,1-2H3;1-2H3. The van der Waals surface area contributed by atoms with E-state index in [1.54, 1.807) is 14.2 Å². The first-order valence-corrected chi connectivity index (χ1v) is 15.4. The van der Waals surface area contributed by atoms with Crippen LogP contribution in [0, 0.1) is 11.8 Å². The van der Waals surface area contributed by atoms with Crippen LogP contribution in [-0.4, -0.2) is 42.7 Å². The molecule has 41 heavy (non-hydrogen) atoms. The van der Waals surface area contributed by atoms with Crippen LogP contribution in [0.3, 0.4) is 0 Å². The van der Waals surface area contributed by atoms with E-state index in [1.165, 1.54) is 11.1 Å². The third kappa shape index (κ3) is 6.57. The van der Waals surface area contributed by atoms with E-state index in [2.05, 4.69) is 40.8 Å². The number of aromatic nitrogens is 1. The van der Waals surface area contributed by atoms with Crippen molar-refractivity contribution in [1.82, 2.24) is 10.1 Å². The van der Waals surface area contributed by atoms with Crippen molar-refractivity contribution in [2.75, 3.05) is 14.2 Å². The van der Waals surface area contributed by atoms with E-state index in [-0.39, 0.29) is 6.10 Å². The SMILES string of the molecule is CCC1CC(OCc2c(-c3c(Cl)cccc3Cl)noc2C2CC2)CC(C)C1N1Cc2ccc(C=O)cc2C1.COC. The highest BCUT2D eigenvalue weighted by atomic mass is 35.5. The second-order valence-electron chi connectivity index (χ2n) is 11.7. The van der Waals surface area contributed by atoms with Crippen molar-refractivity contribution in [2.24, 2.45) is 11.8 Å². The molecular formula is C33H40Cl2N2O4. The molecule has 0 spiro atoms. The number of ether oxygens (including phenoxy) is 2. The minimum absolute atomic E-state index is 0.175. The van der Waals surface area contributed by atoms with Crippen LogP contribution >= 0.6 is 23.2 Å². The molecule has 0 bridgehead atoms. The van der Waals surface area contributed by atoms with Gasteiger partial charge in [0, 0.05) is 56.0 Å². The molecule has 2 heterocycles. The number of rotatable bonds is 8. The van der Waals surface area contributed by atoms with Gasteiger partial charge in [0.15, 0.2) is 0 Å². The highest BCUT2D eigenvalue weighted by Crippen LogP contribution is 2.47. The Kier molecular flexibility index (Phi) is 9.88. The van der Waals surface area contributed by atoms with Crippen molar-refractivity contribution in [3.05, 3.63) is 74.5 Å². The Hall–Kier alpha value is -2.22. The normalized spacial score (nSPS) is 24.0. The van der Waals surface area contributed by atoms with Crippen molar-refractivity contribution in [3.8, 4) is 11.3 Å². The van der Waals surface area contributed by atoms with E-state index >= 15 is 0 Å². The smallest absolute Gasteiger partial charge is 0.150 e. The Morgan fingerprint density at radius 3 is 2.44 bits per heavy atom. The molecule has 2 aromatic carbocycles. The minimum Gasteiger partial charge on any atom is -0.388 e. The topological polar surface area (TPSA) is 64.8 Å². The molecule has 0 saturated heterocycles. The zero-order chi connectivity index (χ0) is 29.1. The zero-order valence-corrected chi connectivity index (χ0v) is 25.9. The molecule has 4 atom stereocenters. The Morgan fingerprint density at radius 2 is 1.78 bits per heavy atom. The zero-order valence-electron chi connectivity index (χ0n) is 24.4. The monoisotopic (exact) mass is 598 g/mol. The van der Waals surface area contributed by atoms with Crippen LogP contribution in [0.5, 0.6) is 0 Å². The summed E-state index contributed by atoms with van der Waals surface area (Å²) >= 11 is 13.1. The lowest BCUT2D eigenvalue weighted by atomic mass is 9.74. The highest BCUT2D eigenvalue weighted by Gasteiger charge is 2.41. The molecule has 4 unspecified atom stereocenters. The lowest BCUT2D eigenvalue weighted by Gasteiger charge is -2.45. The van der Waals surface area contributed by atoms with Crippen molar-refractivity contribution in [2.45, 2.75) is 83.7 Å². The molecule has 8 heteroatoms. The van der Waals surface area contributed by atoms with Crippen LogP contribution in [0.4, 0.5) is 0 Å². The van der Waals surface area contributed by atoms with Gasteiger partial charge in [-0.2, -0.15) is 0 Å². The van der Waals surface area contributed by atoms with Gasteiger partial charge in [-0.1, -0.05) is 66.8 Å². The molecule has 220 valence electrons. The third-order valence-corrected chi connectivity index (χ3v) is 9.39. The lowest BCUT2D eigenvalue weighted by molar-refractivity contribution is -0.0517. The largest absolute Gasteiger partial charge is 0.388 e. The highest BCUT2D eigenvalue weighted by molar-refractivity contribution is 6.39. The van der Waals surface area contributed by atoms with Gasteiger partial charge in [-0.05, 0) is 66.8 Å². The first-order chi connectivity index (χ1) is 19.9. The molecule has 2 aliphatic carbocycles. The number of fused-ring (bicyclic) bond motifs is 1. The van der Waals surface area contributed by atoms with Gasteiger partial charge in [0.1, 0.15) is 17.7 Å². The molecule has 0 radical (unpaired) electrons. The van der Waals surface area contributed by atoms with Gasteiger partial charge in [0.25, 0.3) is 0 Å². The summed E-state index contributed by atoms with van der Waals surface area (Å²) in [4.78, 5) is 13.9. The van der Waals surface area contributed by atoms with Crippen LogP contribution < -0.4 is 0 Å². The summed E-state index contributed by atoms with van der Waals surface area (Å²) in [6.07, 6.45) is 6.51. The molecule has 2 saturated carbocycles. The predicted molar refractivity (Wildman–Crippen MR) is 162 cm³/mol. The van der Waals surface area contributed by atoms with Gasteiger partial charge < -0.3 is 14.0 Å². The van der Waals surface area contributed by atoms with E-state index in [0.717, 1.165) is 73.9 Å². The molecule has 0 N–H and O–H groups in total. The molecule has 3 aromatic rings. The molecule has 6 rings (SSSR count). The average molecular weight is 600 g/mol. The van der Waals surface area contributed by atoms with E-state index in [1.807, 2.05) is 24.3 Å². The number of methoxy groups -OCH3 is 1. The quantitative estimate of drug-likeness (QED) is 0.243. The Morgan fingerprint density at radius 1 is 1.07 bits per heavy atom. The Balaban J connectivity index is 0.00000108. The van der Waals surface area contributed by atoms with Gasteiger partial charge in [0.2, 0.25) is 0 Å². The summed E-state index contributed by atoms with van der Waals surface area (Å²) in [6, 6.07) is 12.1. The van der Waals surface area contributed by atoms with Crippen molar-refractivity contribution in [3.63, 3.8) is 0 Å². The Labute approximate surface area is 253 Å². The first-order valence-electron chi connectivity index (χ1n) is 14.6. The van der Waals surface area contributed by atoms with Crippen molar-refractivity contribution < 1.29 is 18.8 Å². The lowest BCUT2D eigenvalue weighted by Crippen LogP contribution is -2.48. The summed E-state index contributed by atoms with van der Waals surface area (Å²) in [5.74, 6) is 2.38. The summed E-state index contributed by atoms with van der Waals surface area (Å²) in [7, 11) is 3.25. The van der Waals surface area contributed by atoms with E-state index in [0.29, 0.717) is 46.1 Å². The summed E-state index contributed by atoms with van der Waals surface area (Å²) in [5, 5.41) is 5.56. The number of hydrogen-bond acceptors (Lipinski definition) is 6. The van der Waals surface area contributed by atoms with Gasteiger partial charge in [-0.3, -0.25) is 9.69 Å². The fraction of sp³-hybridized carbons (Fsp3) is 0.515. The predicted octanol–water partition coefficient (Wildman–Crippen LogP) is 8.33. The molecule has 3 aliphatic rings. The number of aldehydes is 1. The van der Waals surface area contributed by atoms with Crippen LogP contribution in [0.15, 0.2) is 40.9 Å². The molecule has 6 nitrogen and oxygen atoms in total. The average Bonchev–Trinajstić information content (AvgIpc) is 3.58. The molecule has 0 amide bonds. The van der Waals surface area contributed by atoms with Gasteiger partial charge in [-0.25, -0.2) is 0 Å². The molecule has 1 aliphatic heterocycles. The second-order valence-corrected chi connectivity index (χ2v) is 12.6. The van der Waals surface area contributed by atoms with Crippen LogP contribution in [0.1, 0.15) is 84.7 Å². The molecule has 2 fully saturated rings. The van der Waals surface area contributed by atoms with E-state index < -0.39 is 0 Å². The summed E-state index contributed by atoms with van der Waals surface area (Å²) < 4.78 is 16.7. The van der Waals surface area contributed by atoms with Crippen LogP contribution in [-0.2, 0) is 29.2 Å². The second kappa shape index (κ2) is 13.4. The van der Waals surface area contributed by atoms with E-state index in [4.69, 9.17) is 32.5 Å². The minimum atomic E-state index is 0.175. The van der Waals surface area contributed by atoms with Crippen molar-refractivity contribution in [1.29, 1.82) is 0 Å². The number of nitrogens with zero attached hydrogens (tertiary/aromatic N) is 2.